The summed E-state index contributed by atoms with van der Waals surface area (Å²) in [6.07, 6.45) is 0. The van der Waals surface area contributed by atoms with Gasteiger partial charge in [0.2, 0.25) is 10.0 Å². The summed E-state index contributed by atoms with van der Waals surface area (Å²) >= 11 is 0. The topological polar surface area (TPSA) is 96.0 Å². The fourth-order valence-corrected chi connectivity index (χ4v) is 2.92. The number of nitrogens with two attached hydrogens (primary N) is 1. The highest BCUT2D eigenvalue weighted by Gasteiger charge is 2.12. The van der Waals surface area contributed by atoms with E-state index in [1.807, 2.05) is 13.8 Å². The predicted molar refractivity (Wildman–Crippen MR) is 72.9 cm³/mol. The lowest BCUT2D eigenvalue weighted by Gasteiger charge is -2.09. The first-order chi connectivity index (χ1) is 8.30. The predicted octanol–water partition coefficient (Wildman–Crippen LogP) is 1.05. The molecule has 1 aromatic rings. The third-order valence-corrected chi connectivity index (χ3v) is 3.98. The summed E-state index contributed by atoms with van der Waals surface area (Å²) in [5.74, 6) is 0.173. The summed E-state index contributed by atoms with van der Waals surface area (Å²) < 4.78 is 25.8. The molecule has 0 atom stereocenters. The monoisotopic (exact) mass is 269 g/mol. The second-order valence-corrected chi connectivity index (χ2v) is 6.46. The van der Waals surface area contributed by atoms with Crippen molar-refractivity contribution in [1.29, 1.82) is 5.41 Å². The molecular weight excluding hydrogens is 250 g/mol. The maximum atomic E-state index is 11.7. The minimum absolute atomic E-state index is 0.0260. The van der Waals surface area contributed by atoms with Gasteiger partial charge in [-0.1, -0.05) is 32.0 Å². The molecule has 0 aliphatic carbocycles. The molecular formula is C12H19N3O2S. The molecule has 0 unspecified atom stereocenters. The van der Waals surface area contributed by atoms with Crippen LogP contribution in [0.4, 0.5) is 0 Å². The van der Waals surface area contributed by atoms with E-state index in [0.29, 0.717) is 5.56 Å². The van der Waals surface area contributed by atoms with Crippen LogP contribution in [0.5, 0.6) is 0 Å². The van der Waals surface area contributed by atoms with Gasteiger partial charge in [0.05, 0.1) is 5.75 Å². The van der Waals surface area contributed by atoms with Crippen molar-refractivity contribution >= 4 is 15.9 Å². The zero-order valence-electron chi connectivity index (χ0n) is 10.6. The van der Waals surface area contributed by atoms with Gasteiger partial charge in [0, 0.05) is 12.1 Å². The Balaban J connectivity index is 2.69. The van der Waals surface area contributed by atoms with Gasteiger partial charge in [-0.3, -0.25) is 5.41 Å². The quantitative estimate of drug-likeness (QED) is 0.532. The molecule has 18 heavy (non-hydrogen) atoms. The molecule has 0 aliphatic rings. The van der Waals surface area contributed by atoms with E-state index >= 15 is 0 Å². The average molecular weight is 269 g/mol. The molecule has 0 radical (unpaired) electrons. The highest BCUT2D eigenvalue weighted by atomic mass is 32.2. The van der Waals surface area contributed by atoms with Crippen molar-refractivity contribution in [2.24, 2.45) is 11.7 Å². The number of hydrogen-bond acceptors (Lipinski definition) is 3. The summed E-state index contributed by atoms with van der Waals surface area (Å²) in [7, 11) is -3.25. The molecule has 0 aromatic heterocycles. The molecule has 0 amide bonds. The van der Waals surface area contributed by atoms with Crippen molar-refractivity contribution in [3.8, 4) is 0 Å². The first-order valence-corrected chi connectivity index (χ1v) is 7.36. The van der Waals surface area contributed by atoms with Gasteiger partial charge in [-0.15, -0.1) is 0 Å². The van der Waals surface area contributed by atoms with E-state index < -0.39 is 10.0 Å². The SMILES string of the molecule is CC(C)CS(=O)(=O)NCc1cccc(C(=N)N)c1. The van der Waals surface area contributed by atoms with E-state index in [2.05, 4.69) is 4.72 Å². The molecule has 0 saturated heterocycles. The molecule has 0 fully saturated rings. The Kier molecular flexibility index (Phi) is 4.86. The smallest absolute Gasteiger partial charge is 0.212 e. The van der Waals surface area contributed by atoms with Crippen molar-refractivity contribution < 1.29 is 8.42 Å². The second kappa shape index (κ2) is 5.97. The van der Waals surface area contributed by atoms with Gasteiger partial charge in [0.15, 0.2) is 0 Å². The summed E-state index contributed by atoms with van der Waals surface area (Å²) in [6.45, 7) is 3.93. The third-order valence-electron chi connectivity index (χ3n) is 2.29. The molecule has 0 aliphatic heterocycles. The van der Waals surface area contributed by atoms with Gasteiger partial charge in [-0.25, -0.2) is 13.1 Å². The summed E-state index contributed by atoms with van der Waals surface area (Å²) in [4.78, 5) is 0. The van der Waals surface area contributed by atoms with Gasteiger partial charge >= 0.3 is 0 Å². The van der Waals surface area contributed by atoms with Gasteiger partial charge in [0.25, 0.3) is 0 Å². The van der Waals surface area contributed by atoms with Crippen LogP contribution in [0.3, 0.4) is 0 Å². The van der Waals surface area contributed by atoms with Crippen molar-refractivity contribution in [3.63, 3.8) is 0 Å². The Morgan fingerprint density at radius 3 is 2.67 bits per heavy atom. The van der Waals surface area contributed by atoms with Crippen LogP contribution in [-0.2, 0) is 16.6 Å². The van der Waals surface area contributed by atoms with E-state index in [1.165, 1.54) is 0 Å². The van der Waals surface area contributed by atoms with Crippen LogP contribution in [0.2, 0.25) is 0 Å². The first kappa shape index (κ1) is 14.7. The normalized spacial score (nSPS) is 11.7. The van der Waals surface area contributed by atoms with E-state index in [-0.39, 0.29) is 24.1 Å². The van der Waals surface area contributed by atoms with E-state index in [4.69, 9.17) is 11.1 Å². The lowest BCUT2D eigenvalue weighted by Crippen LogP contribution is -2.28. The Morgan fingerprint density at radius 1 is 1.44 bits per heavy atom. The zero-order valence-corrected chi connectivity index (χ0v) is 11.4. The highest BCUT2D eigenvalue weighted by molar-refractivity contribution is 7.89. The molecule has 6 heteroatoms. The number of nitrogens with one attached hydrogen (secondary N) is 2. The Bertz CT molecular complexity index is 524. The Hall–Kier alpha value is -1.40. The maximum absolute atomic E-state index is 11.7. The standard InChI is InChI=1S/C12H19N3O2S/c1-9(2)8-18(16,17)15-7-10-4-3-5-11(6-10)12(13)14/h3-6,9,15H,7-8H2,1-2H3,(H3,13,14). The Morgan fingerprint density at radius 2 is 2.11 bits per heavy atom. The fourth-order valence-electron chi connectivity index (χ4n) is 1.54. The molecule has 1 aromatic carbocycles. The van der Waals surface area contributed by atoms with E-state index in [1.54, 1.807) is 24.3 Å². The van der Waals surface area contributed by atoms with Crippen LogP contribution >= 0.6 is 0 Å². The van der Waals surface area contributed by atoms with Gasteiger partial charge < -0.3 is 5.73 Å². The number of nitrogen functional groups attached to an aromatic ring is 1. The van der Waals surface area contributed by atoms with Crippen LogP contribution in [-0.4, -0.2) is 20.0 Å². The van der Waals surface area contributed by atoms with E-state index in [0.717, 1.165) is 5.56 Å². The lowest BCUT2D eigenvalue weighted by atomic mass is 10.1. The van der Waals surface area contributed by atoms with Crippen molar-refractivity contribution in [3.05, 3.63) is 35.4 Å². The van der Waals surface area contributed by atoms with Crippen LogP contribution in [0.15, 0.2) is 24.3 Å². The van der Waals surface area contributed by atoms with Gasteiger partial charge in [0.1, 0.15) is 5.84 Å². The second-order valence-electron chi connectivity index (χ2n) is 4.61. The van der Waals surface area contributed by atoms with Crippen LogP contribution < -0.4 is 10.5 Å². The summed E-state index contributed by atoms with van der Waals surface area (Å²) in [6, 6.07) is 6.97. The maximum Gasteiger partial charge on any atom is 0.212 e. The minimum Gasteiger partial charge on any atom is -0.384 e. The number of benzene rings is 1. The van der Waals surface area contributed by atoms with E-state index in [9.17, 15) is 8.42 Å². The molecule has 0 bridgehead atoms. The molecule has 0 saturated carbocycles. The summed E-state index contributed by atoms with van der Waals surface area (Å²) in [5, 5.41) is 7.32. The summed E-state index contributed by atoms with van der Waals surface area (Å²) in [5.41, 5.74) is 6.76. The molecule has 0 spiro atoms. The zero-order chi connectivity index (χ0) is 13.8. The van der Waals surface area contributed by atoms with Crippen molar-refractivity contribution in [1.82, 2.24) is 4.72 Å². The first-order valence-electron chi connectivity index (χ1n) is 5.71. The molecule has 0 heterocycles. The van der Waals surface area contributed by atoms with Crippen molar-refractivity contribution in [2.45, 2.75) is 20.4 Å². The highest BCUT2D eigenvalue weighted by Crippen LogP contribution is 2.06. The molecule has 100 valence electrons. The number of rotatable bonds is 6. The number of sulfonamides is 1. The fraction of sp³-hybridized carbons (Fsp3) is 0.417. The van der Waals surface area contributed by atoms with Crippen LogP contribution in [0.25, 0.3) is 0 Å². The van der Waals surface area contributed by atoms with Crippen LogP contribution in [0.1, 0.15) is 25.0 Å². The van der Waals surface area contributed by atoms with Crippen molar-refractivity contribution in [2.75, 3.05) is 5.75 Å². The number of amidine groups is 1. The molecule has 4 N–H and O–H groups in total. The minimum atomic E-state index is -3.25. The van der Waals surface area contributed by atoms with Gasteiger partial charge in [-0.05, 0) is 17.5 Å². The molecule has 1 rings (SSSR count). The number of hydrogen-bond donors (Lipinski definition) is 3. The third kappa shape index (κ3) is 4.85. The Labute approximate surface area is 108 Å². The largest absolute Gasteiger partial charge is 0.384 e. The van der Waals surface area contributed by atoms with Crippen LogP contribution in [0, 0.1) is 11.3 Å². The average Bonchev–Trinajstić information content (AvgIpc) is 2.25. The lowest BCUT2D eigenvalue weighted by molar-refractivity contribution is 0.568. The molecule has 5 nitrogen and oxygen atoms in total. The van der Waals surface area contributed by atoms with Gasteiger partial charge in [-0.2, -0.15) is 0 Å².